The molecule has 0 aromatic rings. The number of hydrogen-bond acceptors (Lipinski definition) is 2. The van der Waals surface area contributed by atoms with Gasteiger partial charge >= 0.3 is 0 Å². The summed E-state index contributed by atoms with van der Waals surface area (Å²) in [4.78, 5) is 4.71. The average Bonchev–Trinajstić information content (AvgIpc) is 2.62. The lowest BCUT2D eigenvalue weighted by atomic mass is 10.0. The van der Waals surface area contributed by atoms with Crippen molar-refractivity contribution in [1.82, 2.24) is 0 Å². The largest absolute Gasteiger partial charge is 0.478 e. The van der Waals surface area contributed by atoms with Crippen LogP contribution in [0.4, 0.5) is 0 Å². The van der Waals surface area contributed by atoms with E-state index in [0.29, 0.717) is 5.92 Å². The zero-order chi connectivity index (χ0) is 8.60. The van der Waals surface area contributed by atoms with Crippen LogP contribution in [0.2, 0.25) is 0 Å². The van der Waals surface area contributed by atoms with Gasteiger partial charge in [-0.25, -0.2) is 4.99 Å². The van der Waals surface area contributed by atoms with Crippen LogP contribution in [0.3, 0.4) is 0 Å². The minimum Gasteiger partial charge on any atom is -0.478 e. The lowest BCUT2D eigenvalue weighted by Crippen LogP contribution is -2.22. The third kappa shape index (κ3) is 1.23. The molecule has 68 valence electrons. The SMILES string of the molecule is CC(C)C1=NC2(CCCC2)CO1. The molecule has 0 aromatic carbocycles. The van der Waals surface area contributed by atoms with Crippen molar-refractivity contribution in [2.75, 3.05) is 6.61 Å². The molecule has 12 heavy (non-hydrogen) atoms. The van der Waals surface area contributed by atoms with Gasteiger partial charge in [-0.05, 0) is 12.8 Å². The van der Waals surface area contributed by atoms with E-state index in [4.69, 9.17) is 9.73 Å². The van der Waals surface area contributed by atoms with Crippen LogP contribution in [0.25, 0.3) is 0 Å². The van der Waals surface area contributed by atoms with Crippen LogP contribution in [-0.2, 0) is 4.74 Å². The lowest BCUT2D eigenvalue weighted by Gasteiger charge is -2.14. The summed E-state index contributed by atoms with van der Waals surface area (Å²) in [5, 5.41) is 0. The molecule has 2 aliphatic rings. The Morgan fingerprint density at radius 2 is 2.00 bits per heavy atom. The fourth-order valence-electron chi connectivity index (χ4n) is 2.09. The van der Waals surface area contributed by atoms with E-state index in [2.05, 4.69) is 13.8 Å². The first-order chi connectivity index (χ1) is 5.72. The van der Waals surface area contributed by atoms with Gasteiger partial charge in [-0.1, -0.05) is 26.7 Å². The van der Waals surface area contributed by atoms with Crippen LogP contribution in [0.5, 0.6) is 0 Å². The van der Waals surface area contributed by atoms with Gasteiger partial charge in [0.15, 0.2) is 5.90 Å². The number of ether oxygens (including phenoxy) is 1. The first-order valence-corrected chi connectivity index (χ1v) is 4.94. The zero-order valence-electron chi connectivity index (χ0n) is 7.97. The first kappa shape index (κ1) is 8.09. The third-order valence-electron chi connectivity index (χ3n) is 2.86. The highest BCUT2D eigenvalue weighted by Crippen LogP contribution is 2.37. The lowest BCUT2D eigenvalue weighted by molar-refractivity contribution is 0.249. The molecule has 0 saturated heterocycles. The summed E-state index contributed by atoms with van der Waals surface area (Å²) in [6, 6.07) is 0. The summed E-state index contributed by atoms with van der Waals surface area (Å²) in [6.45, 7) is 5.14. The molecule has 1 saturated carbocycles. The van der Waals surface area contributed by atoms with E-state index < -0.39 is 0 Å². The van der Waals surface area contributed by atoms with Gasteiger partial charge in [0.05, 0.1) is 5.54 Å². The number of hydrogen-bond donors (Lipinski definition) is 0. The molecule has 1 aliphatic heterocycles. The number of nitrogens with zero attached hydrogens (tertiary/aromatic N) is 1. The molecular formula is C10H17NO. The van der Waals surface area contributed by atoms with Gasteiger partial charge in [-0.15, -0.1) is 0 Å². The summed E-state index contributed by atoms with van der Waals surface area (Å²) in [6.07, 6.45) is 5.14. The summed E-state index contributed by atoms with van der Waals surface area (Å²) >= 11 is 0. The normalized spacial score (nSPS) is 26.4. The minimum absolute atomic E-state index is 0.208. The first-order valence-electron chi connectivity index (χ1n) is 4.94. The van der Waals surface area contributed by atoms with Crippen molar-refractivity contribution in [3.8, 4) is 0 Å². The molecule has 2 nitrogen and oxygen atoms in total. The van der Waals surface area contributed by atoms with Gasteiger partial charge in [-0.3, -0.25) is 0 Å². The average molecular weight is 167 g/mol. The predicted octanol–water partition coefficient (Wildman–Crippen LogP) is 2.38. The Labute approximate surface area is 74.0 Å². The van der Waals surface area contributed by atoms with Gasteiger partial charge in [0.2, 0.25) is 0 Å². The second kappa shape index (κ2) is 2.75. The van der Waals surface area contributed by atoms with Crippen molar-refractivity contribution in [2.24, 2.45) is 10.9 Å². The molecule has 1 fully saturated rings. The summed E-state index contributed by atoms with van der Waals surface area (Å²) < 4.78 is 5.60. The van der Waals surface area contributed by atoms with Crippen molar-refractivity contribution in [3.63, 3.8) is 0 Å². The Morgan fingerprint density at radius 1 is 1.33 bits per heavy atom. The molecule has 1 spiro atoms. The van der Waals surface area contributed by atoms with Crippen LogP contribution in [0.15, 0.2) is 4.99 Å². The van der Waals surface area contributed by atoms with Crippen molar-refractivity contribution >= 4 is 5.90 Å². The highest BCUT2D eigenvalue weighted by molar-refractivity contribution is 5.80. The van der Waals surface area contributed by atoms with Gasteiger partial charge in [0, 0.05) is 5.92 Å². The van der Waals surface area contributed by atoms with Gasteiger partial charge in [-0.2, -0.15) is 0 Å². The topological polar surface area (TPSA) is 21.6 Å². The fourth-order valence-corrected chi connectivity index (χ4v) is 2.09. The smallest absolute Gasteiger partial charge is 0.186 e. The summed E-state index contributed by atoms with van der Waals surface area (Å²) in [5.74, 6) is 1.45. The second-order valence-corrected chi connectivity index (χ2v) is 4.32. The monoisotopic (exact) mass is 167 g/mol. The molecule has 0 amide bonds. The van der Waals surface area contributed by atoms with Gasteiger partial charge in [0.1, 0.15) is 6.61 Å². The van der Waals surface area contributed by atoms with Crippen molar-refractivity contribution in [3.05, 3.63) is 0 Å². The minimum atomic E-state index is 0.208. The van der Waals surface area contributed by atoms with Crippen LogP contribution >= 0.6 is 0 Å². The quantitative estimate of drug-likeness (QED) is 0.587. The molecule has 1 heterocycles. The van der Waals surface area contributed by atoms with E-state index in [0.717, 1.165) is 12.5 Å². The number of rotatable bonds is 1. The molecule has 0 bridgehead atoms. The van der Waals surface area contributed by atoms with Gasteiger partial charge < -0.3 is 4.74 Å². The molecule has 0 aromatic heterocycles. The Bertz CT molecular complexity index is 202. The maximum atomic E-state index is 5.60. The Morgan fingerprint density at radius 3 is 2.50 bits per heavy atom. The third-order valence-corrected chi connectivity index (χ3v) is 2.86. The van der Waals surface area contributed by atoms with E-state index >= 15 is 0 Å². The molecule has 2 heteroatoms. The van der Waals surface area contributed by atoms with Crippen LogP contribution in [0.1, 0.15) is 39.5 Å². The molecule has 0 atom stereocenters. The highest BCUT2D eigenvalue weighted by Gasteiger charge is 2.39. The van der Waals surface area contributed by atoms with E-state index in [1.165, 1.54) is 25.7 Å². The maximum Gasteiger partial charge on any atom is 0.186 e. The Balaban J connectivity index is 2.12. The second-order valence-electron chi connectivity index (χ2n) is 4.32. The maximum absolute atomic E-state index is 5.60. The molecular weight excluding hydrogens is 150 g/mol. The van der Waals surface area contributed by atoms with E-state index in [-0.39, 0.29) is 5.54 Å². The zero-order valence-corrected chi connectivity index (χ0v) is 7.97. The molecule has 2 rings (SSSR count). The fraction of sp³-hybridized carbons (Fsp3) is 0.900. The van der Waals surface area contributed by atoms with Crippen molar-refractivity contribution in [1.29, 1.82) is 0 Å². The van der Waals surface area contributed by atoms with Gasteiger partial charge in [0.25, 0.3) is 0 Å². The van der Waals surface area contributed by atoms with Crippen molar-refractivity contribution in [2.45, 2.75) is 45.1 Å². The molecule has 1 aliphatic carbocycles. The number of aliphatic imine (C=N–C) groups is 1. The molecule has 0 unspecified atom stereocenters. The van der Waals surface area contributed by atoms with E-state index in [1.54, 1.807) is 0 Å². The van der Waals surface area contributed by atoms with Crippen LogP contribution in [-0.4, -0.2) is 18.0 Å². The van der Waals surface area contributed by atoms with E-state index in [1.807, 2.05) is 0 Å². The van der Waals surface area contributed by atoms with Crippen molar-refractivity contribution < 1.29 is 4.74 Å². The molecule has 0 radical (unpaired) electrons. The highest BCUT2D eigenvalue weighted by atomic mass is 16.5. The van der Waals surface area contributed by atoms with Crippen LogP contribution in [0, 0.1) is 5.92 Å². The standard InChI is InChI=1S/C10H17NO/c1-8(2)9-11-10(7-12-9)5-3-4-6-10/h8H,3-7H2,1-2H3. The Kier molecular flexibility index (Phi) is 1.85. The Hall–Kier alpha value is -0.530. The predicted molar refractivity (Wildman–Crippen MR) is 49.4 cm³/mol. The summed E-state index contributed by atoms with van der Waals surface area (Å²) in [5.41, 5.74) is 0.208. The summed E-state index contributed by atoms with van der Waals surface area (Å²) in [7, 11) is 0. The van der Waals surface area contributed by atoms with E-state index in [9.17, 15) is 0 Å². The van der Waals surface area contributed by atoms with Crippen LogP contribution < -0.4 is 0 Å². The molecule has 0 N–H and O–H groups in total.